The van der Waals surface area contributed by atoms with Crippen LogP contribution in [0.15, 0.2) is 91.3 Å². The Morgan fingerprint density at radius 2 is 1.59 bits per heavy atom. The van der Waals surface area contributed by atoms with Crippen LogP contribution in [0.2, 0.25) is 0 Å². The van der Waals surface area contributed by atoms with Crippen molar-refractivity contribution in [1.29, 1.82) is 0 Å². The van der Waals surface area contributed by atoms with E-state index < -0.39 is 5.41 Å². The van der Waals surface area contributed by atoms with Crippen LogP contribution >= 0.6 is 0 Å². The summed E-state index contributed by atoms with van der Waals surface area (Å²) in [7, 11) is 0. The molecule has 6 nitrogen and oxygen atoms in total. The van der Waals surface area contributed by atoms with E-state index in [-0.39, 0.29) is 11.8 Å². The fourth-order valence-electron chi connectivity index (χ4n) is 4.86. The lowest BCUT2D eigenvalue weighted by atomic mass is 9.71. The average molecular weight is 444 g/mol. The van der Waals surface area contributed by atoms with Crippen molar-refractivity contribution in [2.75, 3.05) is 10.6 Å². The number of para-hydroxylation sites is 1. The third-order valence-corrected chi connectivity index (χ3v) is 6.47. The molecule has 0 spiro atoms. The average Bonchev–Trinajstić information content (AvgIpc) is 3.33. The molecule has 2 N–H and O–H groups in total. The number of fused-ring (bicyclic) bond motifs is 2. The summed E-state index contributed by atoms with van der Waals surface area (Å²) in [5, 5.41) is 5.99. The number of aromatic nitrogens is 2. The minimum atomic E-state index is -0.971. The highest BCUT2D eigenvalue weighted by Gasteiger charge is 2.49. The van der Waals surface area contributed by atoms with Gasteiger partial charge in [-0.05, 0) is 59.7 Å². The summed E-state index contributed by atoms with van der Waals surface area (Å²) in [5.74, 6) is -0.292. The van der Waals surface area contributed by atoms with E-state index in [1.54, 1.807) is 18.5 Å². The van der Waals surface area contributed by atoms with Gasteiger partial charge >= 0.3 is 0 Å². The standard InChI is InChI=1S/C28H20N4O2/c33-26-22(16-19-7-3-5-13-29-19)21-15-18(11-12-24(21)31-26)28(17-20-8-4-6-14-30-20)23-9-1-2-10-25(23)32-27(28)34/h1-16H,17H2,(H,31,33)(H,32,34)/b22-16+/t28-/m1/s1. The van der Waals surface area contributed by atoms with Gasteiger partial charge in [0.1, 0.15) is 5.41 Å². The second kappa shape index (κ2) is 7.78. The monoisotopic (exact) mass is 444 g/mol. The number of carbonyl (C=O) groups is 2. The van der Waals surface area contributed by atoms with Crippen molar-refractivity contribution >= 4 is 34.8 Å². The molecule has 0 fully saturated rings. The van der Waals surface area contributed by atoms with Crippen molar-refractivity contribution < 1.29 is 9.59 Å². The van der Waals surface area contributed by atoms with Crippen LogP contribution in [0.5, 0.6) is 0 Å². The van der Waals surface area contributed by atoms with Crippen molar-refractivity contribution in [2.24, 2.45) is 0 Å². The van der Waals surface area contributed by atoms with Crippen LogP contribution in [0.1, 0.15) is 28.1 Å². The summed E-state index contributed by atoms with van der Waals surface area (Å²) >= 11 is 0. The molecule has 6 rings (SSSR count). The number of carbonyl (C=O) groups excluding carboxylic acids is 2. The van der Waals surface area contributed by atoms with Gasteiger partial charge in [0.05, 0.1) is 11.3 Å². The molecule has 4 heterocycles. The van der Waals surface area contributed by atoms with Crippen LogP contribution in [-0.4, -0.2) is 21.8 Å². The summed E-state index contributed by atoms with van der Waals surface area (Å²) in [6.45, 7) is 0. The highest BCUT2D eigenvalue weighted by Crippen LogP contribution is 2.47. The van der Waals surface area contributed by atoms with Crippen LogP contribution < -0.4 is 10.6 Å². The molecule has 0 radical (unpaired) electrons. The number of benzene rings is 2. The summed E-state index contributed by atoms with van der Waals surface area (Å²) in [4.78, 5) is 35.3. The fourth-order valence-corrected chi connectivity index (χ4v) is 4.86. The van der Waals surface area contributed by atoms with Gasteiger partial charge in [0.2, 0.25) is 5.91 Å². The maximum Gasteiger partial charge on any atom is 0.256 e. The first-order valence-electron chi connectivity index (χ1n) is 11.0. The third kappa shape index (κ3) is 3.11. The Balaban J connectivity index is 1.54. The predicted octanol–water partition coefficient (Wildman–Crippen LogP) is 4.45. The van der Waals surface area contributed by atoms with Crippen molar-refractivity contribution in [2.45, 2.75) is 11.8 Å². The van der Waals surface area contributed by atoms with Crippen LogP contribution in [0.4, 0.5) is 11.4 Å². The molecule has 0 bridgehead atoms. The molecule has 0 unspecified atom stereocenters. The predicted molar refractivity (Wildman–Crippen MR) is 131 cm³/mol. The van der Waals surface area contributed by atoms with Gasteiger partial charge in [-0.1, -0.05) is 36.4 Å². The van der Waals surface area contributed by atoms with E-state index in [1.807, 2.05) is 78.9 Å². The van der Waals surface area contributed by atoms with Crippen molar-refractivity contribution in [3.63, 3.8) is 0 Å². The molecule has 0 aliphatic carbocycles. The zero-order valence-electron chi connectivity index (χ0n) is 18.2. The molecule has 0 saturated carbocycles. The SMILES string of the molecule is O=C1Nc2ccc([C@@]3(Cc4ccccn4)C(=O)Nc4ccccc43)cc2/C1=C\c1ccccn1. The Bertz CT molecular complexity index is 1460. The third-order valence-electron chi connectivity index (χ3n) is 6.47. The number of rotatable bonds is 4. The number of nitrogens with one attached hydrogen (secondary N) is 2. The number of anilines is 2. The first-order valence-corrected chi connectivity index (χ1v) is 11.0. The normalized spacial score (nSPS) is 19.5. The number of amides is 2. The molecule has 4 aromatic rings. The summed E-state index contributed by atoms with van der Waals surface area (Å²) in [5.41, 5.74) is 5.04. The number of hydrogen-bond acceptors (Lipinski definition) is 4. The number of pyridine rings is 2. The molecular formula is C28H20N4O2. The molecule has 34 heavy (non-hydrogen) atoms. The molecule has 164 valence electrons. The van der Waals surface area contributed by atoms with Gasteiger partial charge in [0, 0.05) is 41.4 Å². The van der Waals surface area contributed by atoms with Gasteiger partial charge in [-0.2, -0.15) is 0 Å². The smallest absolute Gasteiger partial charge is 0.256 e. The Morgan fingerprint density at radius 3 is 2.38 bits per heavy atom. The van der Waals surface area contributed by atoms with E-state index in [2.05, 4.69) is 20.6 Å². The van der Waals surface area contributed by atoms with Gasteiger partial charge in [-0.3, -0.25) is 19.6 Å². The highest BCUT2D eigenvalue weighted by molar-refractivity contribution is 6.35. The first kappa shape index (κ1) is 20.1. The molecule has 2 aliphatic heterocycles. The largest absolute Gasteiger partial charge is 0.325 e. The zero-order chi connectivity index (χ0) is 23.1. The van der Waals surface area contributed by atoms with Crippen molar-refractivity contribution in [3.05, 3.63) is 119 Å². The summed E-state index contributed by atoms with van der Waals surface area (Å²) < 4.78 is 0. The van der Waals surface area contributed by atoms with Crippen LogP contribution in [0.25, 0.3) is 11.6 Å². The topological polar surface area (TPSA) is 84.0 Å². The minimum Gasteiger partial charge on any atom is -0.325 e. The molecule has 2 amide bonds. The Morgan fingerprint density at radius 1 is 0.794 bits per heavy atom. The molecular weight excluding hydrogens is 424 g/mol. The van der Waals surface area contributed by atoms with E-state index in [4.69, 9.17) is 0 Å². The second-order valence-corrected chi connectivity index (χ2v) is 8.43. The van der Waals surface area contributed by atoms with Gasteiger partial charge < -0.3 is 10.6 Å². The minimum absolute atomic E-state index is 0.105. The molecule has 2 aromatic carbocycles. The lowest BCUT2D eigenvalue weighted by Crippen LogP contribution is -2.38. The second-order valence-electron chi connectivity index (χ2n) is 8.43. The molecule has 2 aliphatic rings. The molecule has 0 saturated heterocycles. The fraction of sp³-hybridized carbons (Fsp3) is 0.0714. The Hall–Kier alpha value is -4.58. The van der Waals surface area contributed by atoms with Gasteiger partial charge in [-0.25, -0.2) is 0 Å². The summed E-state index contributed by atoms with van der Waals surface area (Å²) in [6, 6.07) is 24.8. The van der Waals surface area contributed by atoms with Gasteiger partial charge in [0.15, 0.2) is 0 Å². The van der Waals surface area contributed by atoms with E-state index in [0.29, 0.717) is 17.7 Å². The maximum absolute atomic E-state index is 13.6. The Labute approximate surface area is 196 Å². The zero-order valence-corrected chi connectivity index (χ0v) is 18.2. The van der Waals surface area contributed by atoms with E-state index >= 15 is 0 Å². The molecule has 1 atom stereocenters. The van der Waals surface area contributed by atoms with Gasteiger partial charge in [-0.15, -0.1) is 0 Å². The molecule has 6 heteroatoms. The van der Waals surface area contributed by atoms with Crippen molar-refractivity contribution in [3.8, 4) is 0 Å². The quantitative estimate of drug-likeness (QED) is 0.456. The van der Waals surface area contributed by atoms with Crippen LogP contribution in [0.3, 0.4) is 0 Å². The molecule has 2 aromatic heterocycles. The van der Waals surface area contributed by atoms with E-state index in [9.17, 15) is 9.59 Å². The first-order chi connectivity index (χ1) is 16.6. The van der Waals surface area contributed by atoms with E-state index in [0.717, 1.165) is 33.8 Å². The number of hydrogen-bond donors (Lipinski definition) is 2. The Kier molecular flexibility index (Phi) is 4.59. The maximum atomic E-state index is 13.6. The van der Waals surface area contributed by atoms with Crippen LogP contribution in [-0.2, 0) is 21.4 Å². The number of nitrogens with zero attached hydrogens (tertiary/aromatic N) is 2. The lowest BCUT2D eigenvalue weighted by molar-refractivity contribution is -0.119. The lowest BCUT2D eigenvalue weighted by Gasteiger charge is -2.28. The van der Waals surface area contributed by atoms with Crippen molar-refractivity contribution in [1.82, 2.24) is 9.97 Å². The summed E-state index contributed by atoms with van der Waals surface area (Å²) in [6.07, 6.45) is 5.61. The highest BCUT2D eigenvalue weighted by atomic mass is 16.2. The van der Waals surface area contributed by atoms with Crippen LogP contribution in [0, 0.1) is 0 Å². The van der Waals surface area contributed by atoms with E-state index in [1.165, 1.54) is 0 Å². The van der Waals surface area contributed by atoms with Gasteiger partial charge in [0.25, 0.3) is 5.91 Å².